The van der Waals surface area contributed by atoms with Crippen molar-refractivity contribution in [2.24, 2.45) is 0 Å². The third-order valence-electron chi connectivity index (χ3n) is 11.0. The number of allylic oxidation sites excluding steroid dienone is 7. The number of nitrogens with zero attached hydrogens (tertiary/aromatic N) is 2. The normalized spacial score (nSPS) is 11.7. The van der Waals surface area contributed by atoms with Gasteiger partial charge in [0.15, 0.2) is 0 Å². The molecule has 1 heterocycles. The summed E-state index contributed by atoms with van der Waals surface area (Å²) in [7, 11) is 0. The molecule has 0 spiro atoms. The summed E-state index contributed by atoms with van der Waals surface area (Å²) >= 11 is -3.44. The summed E-state index contributed by atoms with van der Waals surface area (Å²) in [5, 5.41) is 2.38. The van der Waals surface area contributed by atoms with Crippen LogP contribution >= 0.6 is 0 Å². The van der Waals surface area contributed by atoms with Gasteiger partial charge in [-0.05, 0) is 25.1 Å². The van der Waals surface area contributed by atoms with E-state index >= 15 is 0 Å². The van der Waals surface area contributed by atoms with Gasteiger partial charge in [0.05, 0.1) is 11.0 Å². The van der Waals surface area contributed by atoms with Crippen molar-refractivity contribution in [3.8, 4) is 5.69 Å². The van der Waals surface area contributed by atoms with Gasteiger partial charge in [0.1, 0.15) is 0 Å². The third-order valence-corrected chi connectivity index (χ3v) is 20.9. The summed E-state index contributed by atoms with van der Waals surface area (Å²) in [6.07, 6.45) is 8.29. The van der Waals surface area contributed by atoms with Crippen LogP contribution < -0.4 is 18.1 Å². The van der Waals surface area contributed by atoms with Crippen molar-refractivity contribution in [2.75, 3.05) is 4.90 Å². The molecule has 8 aromatic rings. The number of rotatable bonds is 13. The molecule has 0 saturated heterocycles. The molecule has 0 atom stereocenters. The molecule has 0 unspecified atom stereocenters. The van der Waals surface area contributed by atoms with Crippen LogP contribution in [-0.2, 0) is 0 Å². The predicted molar refractivity (Wildman–Crippen MR) is 253 cm³/mol. The van der Waals surface area contributed by atoms with E-state index in [9.17, 15) is 0 Å². The summed E-state index contributed by atoms with van der Waals surface area (Å²) in [6, 6.07) is 67.1. The number of aryl methyl sites for hydroxylation is 1. The molecule has 0 radical (unpaired) electrons. The first-order valence-electron chi connectivity index (χ1n) is 19.6. The molecule has 3 heteroatoms. The molecule has 0 aliphatic carbocycles. The second kappa shape index (κ2) is 16.7. The van der Waals surface area contributed by atoms with Gasteiger partial charge in [-0.15, -0.1) is 0 Å². The summed E-state index contributed by atoms with van der Waals surface area (Å²) in [4.78, 5) is 2.21. The maximum atomic E-state index is 4.80. The average molecular weight is 808 g/mol. The van der Waals surface area contributed by atoms with Crippen molar-refractivity contribution < 1.29 is 0 Å². The zero-order valence-corrected chi connectivity index (χ0v) is 35.0. The van der Waals surface area contributed by atoms with Gasteiger partial charge in [0.2, 0.25) is 0 Å². The summed E-state index contributed by atoms with van der Waals surface area (Å²) in [5.41, 5.74) is 9.12. The Labute approximate surface area is 345 Å². The fraction of sp³-hybridized carbons (Fsp3) is 0.0182. The SMILES string of the molecule is C=C(/C=C\C(=C)N(c1ccc(C)cc1)c1ccc2c(c1)c1ccccc1n2-c1ccccc1)C(=C)/C=C\[C](=C)[Ge]([c]1ccccc1)([c]1ccccc1)[c]1ccccc1. The molecular weight excluding hydrogens is 761 g/mol. The Bertz CT molecular complexity index is 2730. The van der Waals surface area contributed by atoms with Crippen LogP contribution in [0.1, 0.15) is 5.56 Å². The molecular formula is C55H46GeN2. The molecule has 0 amide bonds. The first kappa shape index (κ1) is 38.0. The Kier molecular flexibility index (Phi) is 10.9. The number of benzene rings is 7. The van der Waals surface area contributed by atoms with E-state index < -0.39 is 13.3 Å². The van der Waals surface area contributed by atoms with Crippen LogP contribution in [0.25, 0.3) is 27.5 Å². The van der Waals surface area contributed by atoms with E-state index in [1.807, 2.05) is 12.2 Å². The summed E-state index contributed by atoms with van der Waals surface area (Å²) in [6.45, 7) is 20.4. The summed E-state index contributed by atoms with van der Waals surface area (Å²) < 4.78 is 7.43. The van der Waals surface area contributed by atoms with E-state index in [0.717, 1.165) is 43.8 Å². The molecule has 280 valence electrons. The molecule has 1 aromatic heterocycles. The van der Waals surface area contributed by atoms with Crippen LogP contribution in [0.3, 0.4) is 0 Å². The van der Waals surface area contributed by atoms with Gasteiger partial charge in [-0.25, -0.2) is 0 Å². The van der Waals surface area contributed by atoms with E-state index in [-0.39, 0.29) is 0 Å². The van der Waals surface area contributed by atoms with E-state index in [2.05, 4.69) is 236 Å². The van der Waals surface area contributed by atoms with Gasteiger partial charge in [0.25, 0.3) is 0 Å². The van der Waals surface area contributed by atoms with Crippen LogP contribution in [0.15, 0.2) is 260 Å². The number of aromatic nitrogens is 1. The number of fused-ring (bicyclic) bond motifs is 3. The van der Waals surface area contributed by atoms with Crippen molar-refractivity contribution in [2.45, 2.75) is 6.92 Å². The van der Waals surface area contributed by atoms with Gasteiger partial charge in [-0.2, -0.15) is 0 Å². The van der Waals surface area contributed by atoms with Crippen LogP contribution in [0.4, 0.5) is 11.4 Å². The van der Waals surface area contributed by atoms with Crippen LogP contribution in [0.5, 0.6) is 0 Å². The van der Waals surface area contributed by atoms with Gasteiger partial charge in [-0.1, -0.05) is 42.0 Å². The van der Waals surface area contributed by atoms with Crippen LogP contribution in [0.2, 0.25) is 0 Å². The number of hydrogen-bond acceptors (Lipinski definition) is 1. The van der Waals surface area contributed by atoms with Gasteiger partial charge < -0.3 is 4.57 Å². The van der Waals surface area contributed by atoms with E-state index in [4.69, 9.17) is 6.58 Å². The zero-order valence-electron chi connectivity index (χ0n) is 32.9. The first-order chi connectivity index (χ1) is 28.4. The van der Waals surface area contributed by atoms with Crippen molar-refractivity contribution in [1.82, 2.24) is 4.57 Å². The van der Waals surface area contributed by atoms with Crippen molar-refractivity contribution in [1.29, 1.82) is 0 Å². The number of anilines is 2. The Morgan fingerprint density at radius 1 is 0.466 bits per heavy atom. The minimum atomic E-state index is -3.44. The Balaban J connectivity index is 1.11. The monoisotopic (exact) mass is 808 g/mol. The average Bonchev–Trinajstić information content (AvgIpc) is 3.61. The molecule has 0 aliphatic rings. The third kappa shape index (κ3) is 7.27. The minimum absolute atomic E-state index is 0.799. The van der Waals surface area contributed by atoms with E-state index in [1.165, 1.54) is 35.0 Å². The quantitative estimate of drug-likeness (QED) is 0.0832. The van der Waals surface area contributed by atoms with Crippen molar-refractivity contribution in [3.63, 3.8) is 0 Å². The second-order valence-corrected chi connectivity index (χ2v) is 22.8. The summed E-state index contributed by atoms with van der Waals surface area (Å²) in [5.74, 6) is 0. The molecule has 0 N–H and O–H groups in total. The molecule has 0 fully saturated rings. The van der Waals surface area contributed by atoms with Crippen LogP contribution in [0, 0.1) is 6.92 Å². The molecule has 0 aliphatic heterocycles. The fourth-order valence-corrected chi connectivity index (χ4v) is 17.6. The molecule has 7 aromatic carbocycles. The molecule has 8 rings (SSSR count). The van der Waals surface area contributed by atoms with E-state index in [1.54, 1.807) is 0 Å². The number of para-hydroxylation sites is 2. The maximum absolute atomic E-state index is 4.80. The predicted octanol–water partition coefficient (Wildman–Crippen LogP) is 12.2. The van der Waals surface area contributed by atoms with Crippen LogP contribution in [-0.4, -0.2) is 17.8 Å². The molecule has 58 heavy (non-hydrogen) atoms. The second-order valence-electron chi connectivity index (χ2n) is 14.6. The zero-order chi connectivity index (χ0) is 40.1. The molecule has 0 saturated carbocycles. The van der Waals surface area contributed by atoms with Crippen molar-refractivity contribution in [3.05, 3.63) is 265 Å². The van der Waals surface area contributed by atoms with E-state index in [0.29, 0.717) is 0 Å². The molecule has 2 nitrogen and oxygen atoms in total. The van der Waals surface area contributed by atoms with Crippen molar-refractivity contribution >= 4 is 59.6 Å². The fourth-order valence-electron chi connectivity index (χ4n) is 8.06. The Morgan fingerprint density at radius 2 is 0.931 bits per heavy atom. The Morgan fingerprint density at radius 3 is 1.50 bits per heavy atom. The van der Waals surface area contributed by atoms with Gasteiger partial charge >= 0.3 is 253 Å². The van der Waals surface area contributed by atoms with Gasteiger partial charge in [0, 0.05) is 11.1 Å². The molecule has 0 bridgehead atoms. The topological polar surface area (TPSA) is 8.17 Å². The van der Waals surface area contributed by atoms with Gasteiger partial charge in [-0.3, -0.25) is 0 Å². The standard InChI is InChI=1S/C55H46GeN2/c1-41-30-36-50(37-31-41)57(51-38-39-55-53(40-51)52-28-18-19-29-54(52)58(55)49-26-16-9-17-27-49)45(5)35-33-43(3)42(2)32-34-44(4)56(46-20-10-6-11-21-46,47-22-12-7-13-23-47)48-24-14-8-15-25-48/h6-40H,2-5H2,1H3/b34-32-,35-33-. The number of hydrogen-bond donors (Lipinski definition) is 0. The first-order valence-corrected chi connectivity index (χ1v) is 23.8. The Hall–Kier alpha value is -6.88.